The molecule has 8 nitrogen and oxygen atoms in total. The molecule has 174 valence electrons. The lowest BCUT2D eigenvalue weighted by Crippen LogP contribution is -2.27. The quantitative estimate of drug-likeness (QED) is 0.195. The molecule has 0 spiro atoms. The SMILES string of the molecule is CN=C/C(=C\N)c1cnc2[nH]cc(/C=C(\C#N)C(=O)NC(C)c3ccc(SC)c(OC)c3)c2c1. The topological polar surface area (TPSA) is 129 Å². The monoisotopic (exact) mass is 474 g/mol. The lowest BCUT2D eigenvalue weighted by molar-refractivity contribution is -0.117. The molecule has 9 heteroatoms. The predicted molar refractivity (Wildman–Crippen MR) is 138 cm³/mol. The standard InChI is InChI=1S/C25H26N6O2S/c1-15(16-5-6-23(34-4)22(9-16)33-3)31-25(32)17(10-26)7-19-14-30-24-21(19)8-18(13-29-24)20(11-27)12-28-2/h5-9,11-15H,27H2,1-4H3,(H,29,30)(H,31,32)/b17-7+,20-11+,28-12?. The van der Waals surface area contributed by atoms with Gasteiger partial charge in [-0.05, 0) is 43.0 Å². The van der Waals surface area contributed by atoms with E-state index >= 15 is 0 Å². The van der Waals surface area contributed by atoms with Crippen molar-refractivity contribution in [3.8, 4) is 11.8 Å². The first-order valence-corrected chi connectivity index (χ1v) is 11.6. The number of nitriles is 1. The van der Waals surface area contributed by atoms with Crippen molar-refractivity contribution in [3.05, 3.63) is 65.1 Å². The maximum atomic E-state index is 12.9. The lowest BCUT2D eigenvalue weighted by atomic mass is 10.1. The van der Waals surface area contributed by atoms with Crippen LogP contribution in [0.2, 0.25) is 0 Å². The Morgan fingerprint density at radius 2 is 2.21 bits per heavy atom. The third-order valence-corrected chi connectivity index (χ3v) is 6.04. The fourth-order valence-electron chi connectivity index (χ4n) is 3.44. The summed E-state index contributed by atoms with van der Waals surface area (Å²) in [6, 6.07) is 9.35. The van der Waals surface area contributed by atoms with Crippen LogP contribution in [0.25, 0.3) is 22.7 Å². The van der Waals surface area contributed by atoms with Crippen LogP contribution in [0.5, 0.6) is 5.75 Å². The Morgan fingerprint density at radius 3 is 2.85 bits per heavy atom. The summed E-state index contributed by atoms with van der Waals surface area (Å²) in [6.45, 7) is 1.86. The number of nitrogens with one attached hydrogen (secondary N) is 2. The summed E-state index contributed by atoms with van der Waals surface area (Å²) in [5, 5.41) is 13.3. The number of thioether (sulfide) groups is 1. The molecule has 1 aromatic carbocycles. The van der Waals surface area contributed by atoms with Crippen LogP contribution in [0.4, 0.5) is 0 Å². The first-order valence-electron chi connectivity index (χ1n) is 10.4. The predicted octanol–water partition coefficient (Wildman–Crippen LogP) is 4.08. The highest BCUT2D eigenvalue weighted by molar-refractivity contribution is 7.98. The Morgan fingerprint density at radius 1 is 1.41 bits per heavy atom. The second-order valence-electron chi connectivity index (χ2n) is 7.35. The van der Waals surface area contributed by atoms with Gasteiger partial charge < -0.3 is 20.8 Å². The van der Waals surface area contributed by atoms with Crippen LogP contribution in [-0.4, -0.2) is 42.5 Å². The number of carbonyl (C=O) groups excluding carboxylic acids is 1. The van der Waals surface area contributed by atoms with E-state index in [0.29, 0.717) is 16.8 Å². The largest absolute Gasteiger partial charge is 0.496 e. The minimum Gasteiger partial charge on any atom is -0.496 e. The van der Waals surface area contributed by atoms with Gasteiger partial charge in [-0.1, -0.05) is 6.07 Å². The Kier molecular flexibility index (Phi) is 8.11. The van der Waals surface area contributed by atoms with Crippen LogP contribution < -0.4 is 15.8 Å². The summed E-state index contributed by atoms with van der Waals surface area (Å²) in [4.78, 5) is 25.4. The molecule has 3 aromatic rings. The van der Waals surface area contributed by atoms with E-state index in [-0.39, 0.29) is 11.6 Å². The summed E-state index contributed by atoms with van der Waals surface area (Å²) in [6.07, 6.45) is 10.0. The first kappa shape index (κ1) is 24.6. The molecule has 3 rings (SSSR count). The van der Waals surface area contributed by atoms with Crippen molar-refractivity contribution < 1.29 is 9.53 Å². The smallest absolute Gasteiger partial charge is 0.262 e. The molecular weight excluding hydrogens is 448 g/mol. The number of fused-ring (bicyclic) bond motifs is 1. The van der Waals surface area contributed by atoms with E-state index in [1.807, 2.05) is 43.5 Å². The van der Waals surface area contributed by atoms with Crippen LogP contribution in [0.3, 0.4) is 0 Å². The van der Waals surface area contributed by atoms with Gasteiger partial charge in [-0.15, -0.1) is 11.8 Å². The molecule has 1 atom stereocenters. The third-order valence-electron chi connectivity index (χ3n) is 5.26. The number of pyridine rings is 1. The molecule has 0 aliphatic rings. The molecule has 34 heavy (non-hydrogen) atoms. The van der Waals surface area contributed by atoms with Crippen LogP contribution in [0.15, 0.2) is 58.3 Å². The van der Waals surface area contributed by atoms with Crippen molar-refractivity contribution in [2.75, 3.05) is 20.4 Å². The number of nitrogens with two attached hydrogens (primary N) is 1. The summed E-state index contributed by atoms with van der Waals surface area (Å²) >= 11 is 1.58. The second kappa shape index (κ2) is 11.2. The van der Waals surface area contributed by atoms with Gasteiger partial charge in [-0.2, -0.15) is 5.26 Å². The summed E-state index contributed by atoms with van der Waals surface area (Å²) in [5.41, 5.74) is 9.35. The molecule has 2 heterocycles. The van der Waals surface area contributed by atoms with Crippen LogP contribution >= 0.6 is 11.8 Å². The van der Waals surface area contributed by atoms with Crippen molar-refractivity contribution in [3.63, 3.8) is 0 Å². The summed E-state index contributed by atoms with van der Waals surface area (Å²) < 4.78 is 5.43. The normalized spacial score (nSPS) is 13.1. The Hall–Kier alpha value is -4.03. The summed E-state index contributed by atoms with van der Waals surface area (Å²) in [5.74, 6) is 0.269. The van der Waals surface area contributed by atoms with Gasteiger partial charge in [0, 0.05) is 58.8 Å². The number of ether oxygens (including phenoxy) is 1. The van der Waals surface area contributed by atoms with E-state index < -0.39 is 5.91 Å². The number of hydrogen-bond acceptors (Lipinski definition) is 7. The molecular formula is C25H26N6O2S. The van der Waals surface area contributed by atoms with Crippen LogP contribution in [0.1, 0.15) is 29.7 Å². The first-order chi connectivity index (χ1) is 16.4. The van der Waals surface area contributed by atoms with Crippen molar-refractivity contribution in [2.24, 2.45) is 10.7 Å². The molecule has 1 unspecified atom stereocenters. The van der Waals surface area contributed by atoms with Crippen LogP contribution in [-0.2, 0) is 4.79 Å². The zero-order chi connectivity index (χ0) is 24.7. The Bertz CT molecular complexity index is 1330. The molecule has 0 radical (unpaired) electrons. The molecule has 4 N–H and O–H groups in total. The number of carbonyl (C=O) groups is 1. The molecule has 2 aromatic heterocycles. The van der Waals surface area contributed by atoms with Crippen molar-refractivity contribution in [1.82, 2.24) is 15.3 Å². The van der Waals surface area contributed by atoms with Crippen molar-refractivity contribution in [1.29, 1.82) is 5.26 Å². The lowest BCUT2D eigenvalue weighted by Gasteiger charge is -2.16. The van der Waals surface area contributed by atoms with Crippen molar-refractivity contribution >= 4 is 46.6 Å². The number of H-pyrrole nitrogens is 1. The maximum absolute atomic E-state index is 12.9. The molecule has 0 bridgehead atoms. The number of nitrogens with zero attached hydrogens (tertiary/aromatic N) is 3. The average Bonchev–Trinajstić information content (AvgIpc) is 3.26. The number of rotatable bonds is 8. The van der Waals surface area contributed by atoms with Gasteiger partial charge in [0.2, 0.25) is 0 Å². The van der Waals surface area contributed by atoms with E-state index in [1.165, 1.54) is 6.20 Å². The number of methoxy groups -OCH3 is 1. The molecule has 0 aliphatic heterocycles. The Balaban J connectivity index is 1.88. The van der Waals surface area contributed by atoms with Gasteiger partial charge in [-0.3, -0.25) is 9.79 Å². The van der Waals surface area contributed by atoms with Gasteiger partial charge in [0.25, 0.3) is 5.91 Å². The zero-order valence-electron chi connectivity index (χ0n) is 19.4. The third kappa shape index (κ3) is 5.30. The molecule has 0 aliphatic carbocycles. The number of amides is 1. The minimum absolute atomic E-state index is 0.0180. The van der Waals surface area contributed by atoms with E-state index in [2.05, 4.69) is 20.3 Å². The van der Waals surface area contributed by atoms with E-state index in [1.54, 1.807) is 50.6 Å². The highest BCUT2D eigenvalue weighted by Crippen LogP contribution is 2.30. The molecule has 1 amide bonds. The molecule has 0 saturated carbocycles. The highest BCUT2D eigenvalue weighted by Gasteiger charge is 2.16. The van der Waals surface area contributed by atoms with Gasteiger partial charge in [0.05, 0.1) is 13.2 Å². The second-order valence-corrected chi connectivity index (χ2v) is 8.20. The Labute approximate surface area is 202 Å². The minimum atomic E-state index is -0.470. The molecule has 0 fully saturated rings. The van der Waals surface area contributed by atoms with Crippen LogP contribution in [0, 0.1) is 11.3 Å². The van der Waals surface area contributed by atoms with Gasteiger partial charge in [0.15, 0.2) is 0 Å². The number of benzene rings is 1. The van der Waals surface area contributed by atoms with E-state index in [0.717, 1.165) is 27.2 Å². The number of aromatic nitrogens is 2. The van der Waals surface area contributed by atoms with Gasteiger partial charge in [0.1, 0.15) is 23.0 Å². The number of aliphatic imine (C=N–C) groups is 1. The summed E-state index contributed by atoms with van der Waals surface area (Å²) in [7, 11) is 3.27. The van der Waals surface area contributed by atoms with E-state index in [4.69, 9.17) is 10.5 Å². The fourth-order valence-corrected chi connectivity index (χ4v) is 3.99. The number of hydrogen-bond donors (Lipinski definition) is 3. The van der Waals surface area contributed by atoms with Gasteiger partial charge >= 0.3 is 0 Å². The zero-order valence-corrected chi connectivity index (χ0v) is 20.2. The molecule has 0 saturated heterocycles. The average molecular weight is 475 g/mol. The van der Waals surface area contributed by atoms with Crippen molar-refractivity contribution in [2.45, 2.75) is 17.9 Å². The number of allylic oxidation sites excluding steroid dienone is 1. The maximum Gasteiger partial charge on any atom is 0.262 e. The van der Waals surface area contributed by atoms with Gasteiger partial charge in [-0.25, -0.2) is 4.98 Å². The number of aromatic amines is 1. The highest BCUT2D eigenvalue weighted by atomic mass is 32.2. The van der Waals surface area contributed by atoms with E-state index in [9.17, 15) is 10.1 Å². The fraction of sp³-hybridized carbons (Fsp3) is 0.200.